The van der Waals surface area contributed by atoms with E-state index in [0.717, 1.165) is 17.1 Å². The van der Waals surface area contributed by atoms with Crippen molar-refractivity contribution in [2.45, 2.75) is 39.4 Å². The van der Waals surface area contributed by atoms with Crippen LogP contribution in [0.3, 0.4) is 0 Å². The summed E-state index contributed by atoms with van der Waals surface area (Å²) in [5.74, 6) is 3.09. The molecule has 1 saturated heterocycles. The van der Waals surface area contributed by atoms with Crippen LogP contribution in [0.2, 0.25) is 0 Å². The van der Waals surface area contributed by atoms with E-state index in [1.54, 1.807) is 0 Å². The molecule has 2 heteroatoms. The molecule has 1 rings (SSSR count). The van der Waals surface area contributed by atoms with Crippen LogP contribution in [0.4, 0.5) is 0 Å². The lowest BCUT2D eigenvalue weighted by atomic mass is 9.96. The smallest absolute Gasteiger partial charge is 0.00713 e. The maximum absolute atomic E-state index is 2.61. The standard InChI is InChI=1S/C12H25NS/c1-5-14-11(4)12-8-13(9-12)7-6-10(2)3/h10-12H,5-9H2,1-4H3. The summed E-state index contributed by atoms with van der Waals surface area (Å²) in [5, 5.41) is 0.871. The van der Waals surface area contributed by atoms with E-state index in [1.165, 1.54) is 31.8 Å². The van der Waals surface area contributed by atoms with Gasteiger partial charge in [0.05, 0.1) is 0 Å². The van der Waals surface area contributed by atoms with Crippen molar-refractivity contribution in [3.63, 3.8) is 0 Å². The van der Waals surface area contributed by atoms with Gasteiger partial charge in [0.25, 0.3) is 0 Å². The molecule has 1 aliphatic heterocycles. The van der Waals surface area contributed by atoms with Gasteiger partial charge in [-0.05, 0) is 30.6 Å². The van der Waals surface area contributed by atoms with Crippen LogP contribution < -0.4 is 0 Å². The third-order valence-corrected chi connectivity index (χ3v) is 4.35. The van der Waals surface area contributed by atoms with Crippen molar-refractivity contribution in [1.29, 1.82) is 0 Å². The van der Waals surface area contributed by atoms with Crippen LogP contribution in [0, 0.1) is 11.8 Å². The van der Waals surface area contributed by atoms with Gasteiger partial charge in [-0.3, -0.25) is 0 Å². The summed E-state index contributed by atoms with van der Waals surface area (Å²) in [5.41, 5.74) is 0. The van der Waals surface area contributed by atoms with Crippen molar-refractivity contribution in [3.8, 4) is 0 Å². The molecule has 0 aromatic carbocycles. The fraction of sp³-hybridized carbons (Fsp3) is 1.00. The lowest BCUT2D eigenvalue weighted by molar-refractivity contribution is 0.0960. The second-order valence-electron chi connectivity index (χ2n) is 4.86. The first kappa shape index (κ1) is 12.4. The second-order valence-corrected chi connectivity index (χ2v) is 6.52. The van der Waals surface area contributed by atoms with Gasteiger partial charge in [-0.15, -0.1) is 0 Å². The molecule has 1 atom stereocenters. The first-order valence-electron chi connectivity index (χ1n) is 5.97. The maximum Gasteiger partial charge on any atom is 0.00713 e. The highest BCUT2D eigenvalue weighted by Crippen LogP contribution is 2.27. The molecule has 0 aliphatic carbocycles. The van der Waals surface area contributed by atoms with E-state index in [9.17, 15) is 0 Å². The third-order valence-electron chi connectivity index (χ3n) is 3.10. The summed E-state index contributed by atoms with van der Waals surface area (Å²) < 4.78 is 0. The minimum Gasteiger partial charge on any atom is -0.303 e. The maximum atomic E-state index is 2.61. The molecule has 0 saturated carbocycles. The Morgan fingerprint density at radius 2 is 1.93 bits per heavy atom. The molecule has 0 aromatic rings. The Hall–Kier alpha value is 0.310. The molecule has 14 heavy (non-hydrogen) atoms. The van der Waals surface area contributed by atoms with Gasteiger partial charge in [0.15, 0.2) is 0 Å². The van der Waals surface area contributed by atoms with E-state index in [-0.39, 0.29) is 0 Å². The average Bonchev–Trinajstić information content (AvgIpc) is 2.01. The Bertz CT molecular complexity index is 152. The zero-order valence-electron chi connectivity index (χ0n) is 10.1. The highest BCUT2D eigenvalue weighted by atomic mass is 32.2. The number of rotatable bonds is 6. The van der Waals surface area contributed by atoms with Crippen molar-refractivity contribution in [1.82, 2.24) is 4.90 Å². The van der Waals surface area contributed by atoms with Crippen LogP contribution in [-0.4, -0.2) is 35.5 Å². The second kappa shape index (κ2) is 6.02. The lowest BCUT2D eigenvalue weighted by Crippen LogP contribution is -2.50. The first-order valence-corrected chi connectivity index (χ1v) is 7.02. The van der Waals surface area contributed by atoms with E-state index < -0.39 is 0 Å². The summed E-state index contributed by atoms with van der Waals surface area (Å²) >= 11 is 2.11. The predicted octanol–water partition coefficient (Wildman–Crippen LogP) is 3.11. The predicted molar refractivity (Wildman–Crippen MR) is 67.0 cm³/mol. The average molecular weight is 215 g/mol. The molecule has 84 valence electrons. The molecule has 0 radical (unpaired) electrons. The molecule has 0 aromatic heterocycles. The van der Waals surface area contributed by atoms with Crippen LogP contribution in [0.15, 0.2) is 0 Å². The van der Waals surface area contributed by atoms with Gasteiger partial charge in [-0.2, -0.15) is 11.8 Å². The highest BCUT2D eigenvalue weighted by molar-refractivity contribution is 7.99. The Kier molecular flexibility index (Phi) is 5.32. The van der Waals surface area contributed by atoms with Gasteiger partial charge in [-0.1, -0.05) is 27.7 Å². The Labute approximate surface area is 93.6 Å². The van der Waals surface area contributed by atoms with Gasteiger partial charge in [0.1, 0.15) is 0 Å². The summed E-state index contributed by atoms with van der Waals surface area (Å²) in [4.78, 5) is 2.61. The number of likely N-dealkylation sites (tertiary alicyclic amines) is 1. The van der Waals surface area contributed by atoms with E-state index >= 15 is 0 Å². The SMILES string of the molecule is CCSC(C)C1CN(CCC(C)C)C1. The minimum atomic E-state index is 0.858. The first-order chi connectivity index (χ1) is 6.63. The van der Waals surface area contributed by atoms with E-state index in [0.29, 0.717) is 0 Å². The summed E-state index contributed by atoms with van der Waals surface area (Å²) in [6.07, 6.45) is 1.36. The number of hydrogen-bond acceptors (Lipinski definition) is 2. The summed E-state index contributed by atoms with van der Waals surface area (Å²) in [7, 11) is 0. The molecular weight excluding hydrogens is 190 g/mol. The normalized spacial score (nSPS) is 21.2. The van der Waals surface area contributed by atoms with Crippen molar-refractivity contribution < 1.29 is 0 Å². The minimum absolute atomic E-state index is 0.858. The van der Waals surface area contributed by atoms with Gasteiger partial charge in [0, 0.05) is 18.3 Å². The van der Waals surface area contributed by atoms with Crippen LogP contribution in [0.1, 0.15) is 34.1 Å². The van der Waals surface area contributed by atoms with Crippen molar-refractivity contribution in [3.05, 3.63) is 0 Å². The summed E-state index contributed by atoms with van der Waals surface area (Å²) in [6.45, 7) is 13.3. The largest absolute Gasteiger partial charge is 0.303 e. The molecular formula is C12H25NS. The number of hydrogen-bond donors (Lipinski definition) is 0. The van der Waals surface area contributed by atoms with Crippen molar-refractivity contribution >= 4 is 11.8 Å². The lowest BCUT2D eigenvalue weighted by Gasteiger charge is -2.42. The number of thioether (sulfide) groups is 1. The van der Waals surface area contributed by atoms with E-state index in [2.05, 4.69) is 44.4 Å². The third kappa shape index (κ3) is 3.82. The molecule has 1 aliphatic rings. The van der Waals surface area contributed by atoms with Crippen LogP contribution >= 0.6 is 11.8 Å². The Morgan fingerprint density at radius 1 is 1.29 bits per heavy atom. The monoisotopic (exact) mass is 215 g/mol. The quantitative estimate of drug-likeness (QED) is 0.670. The van der Waals surface area contributed by atoms with Gasteiger partial charge in [0.2, 0.25) is 0 Å². The fourth-order valence-corrected chi connectivity index (χ4v) is 2.90. The molecule has 1 heterocycles. The van der Waals surface area contributed by atoms with E-state index in [1.807, 2.05) is 0 Å². The van der Waals surface area contributed by atoms with Crippen LogP contribution in [-0.2, 0) is 0 Å². The Balaban J connectivity index is 2.05. The molecule has 1 fully saturated rings. The topological polar surface area (TPSA) is 3.24 Å². The molecule has 1 nitrogen and oxygen atoms in total. The highest BCUT2D eigenvalue weighted by Gasteiger charge is 2.30. The molecule has 1 unspecified atom stereocenters. The van der Waals surface area contributed by atoms with Gasteiger partial charge < -0.3 is 4.90 Å². The molecule has 0 N–H and O–H groups in total. The van der Waals surface area contributed by atoms with Gasteiger partial charge in [-0.25, -0.2) is 0 Å². The van der Waals surface area contributed by atoms with Gasteiger partial charge >= 0.3 is 0 Å². The zero-order valence-corrected chi connectivity index (χ0v) is 10.9. The summed E-state index contributed by atoms with van der Waals surface area (Å²) in [6, 6.07) is 0. The van der Waals surface area contributed by atoms with Crippen LogP contribution in [0.25, 0.3) is 0 Å². The van der Waals surface area contributed by atoms with Crippen LogP contribution in [0.5, 0.6) is 0 Å². The Morgan fingerprint density at radius 3 is 2.43 bits per heavy atom. The van der Waals surface area contributed by atoms with Crippen molar-refractivity contribution in [2.75, 3.05) is 25.4 Å². The molecule has 0 spiro atoms. The fourth-order valence-electron chi connectivity index (χ4n) is 1.93. The van der Waals surface area contributed by atoms with Crippen molar-refractivity contribution in [2.24, 2.45) is 11.8 Å². The molecule has 0 amide bonds. The number of nitrogens with zero attached hydrogens (tertiary/aromatic N) is 1. The van der Waals surface area contributed by atoms with E-state index in [4.69, 9.17) is 0 Å². The molecule has 0 bridgehead atoms. The zero-order chi connectivity index (χ0) is 10.6.